The number of rotatable bonds is 5. The number of phenolic OH excluding ortho intramolecular Hbond substituents is 1. The first-order valence-electron chi connectivity index (χ1n) is 10.5. The zero-order valence-corrected chi connectivity index (χ0v) is 17.0. The van der Waals surface area contributed by atoms with E-state index in [9.17, 15) is 5.11 Å². The van der Waals surface area contributed by atoms with Crippen molar-refractivity contribution in [3.63, 3.8) is 0 Å². The van der Waals surface area contributed by atoms with E-state index in [2.05, 4.69) is 14.9 Å². The molecule has 2 aromatic rings. The van der Waals surface area contributed by atoms with Gasteiger partial charge in [0.15, 0.2) is 0 Å². The van der Waals surface area contributed by atoms with Gasteiger partial charge in [0.2, 0.25) is 11.9 Å². The molecule has 0 radical (unpaired) electrons. The minimum atomic E-state index is 0.219. The van der Waals surface area contributed by atoms with Crippen molar-refractivity contribution in [3.05, 3.63) is 29.8 Å². The molecule has 3 heterocycles. The van der Waals surface area contributed by atoms with Crippen molar-refractivity contribution in [1.29, 1.82) is 0 Å². The van der Waals surface area contributed by atoms with Crippen LogP contribution in [-0.2, 0) is 0 Å². The van der Waals surface area contributed by atoms with Gasteiger partial charge in [0.1, 0.15) is 5.75 Å². The van der Waals surface area contributed by atoms with Crippen molar-refractivity contribution in [2.75, 3.05) is 48.0 Å². The quantitative estimate of drug-likeness (QED) is 0.615. The fraction of sp³-hybridized carbons (Fsp3) is 0.524. The van der Waals surface area contributed by atoms with Crippen LogP contribution in [0.15, 0.2) is 29.4 Å². The topological polar surface area (TPSA) is 81.0 Å². The third-order valence-electron chi connectivity index (χ3n) is 5.42. The lowest BCUT2D eigenvalue weighted by Gasteiger charge is -2.30. The van der Waals surface area contributed by atoms with E-state index in [-0.39, 0.29) is 5.75 Å². The predicted octanol–water partition coefficient (Wildman–Crippen LogP) is 3.03. The Balaban J connectivity index is 1.61. The summed E-state index contributed by atoms with van der Waals surface area (Å²) in [6.07, 6.45) is 8.92. The fourth-order valence-electron chi connectivity index (χ4n) is 3.77. The second kappa shape index (κ2) is 9.07. The Bertz CT molecular complexity index is 808. The molecule has 2 aliphatic rings. The molecule has 8 heteroatoms. The van der Waals surface area contributed by atoms with Crippen LogP contribution in [0.1, 0.15) is 44.1 Å². The highest BCUT2D eigenvalue weighted by Gasteiger charge is 2.21. The molecule has 0 aliphatic carbocycles. The van der Waals surface area contributed by atoms with E-state index < -0.39 is 0 Å². The minimum Gasteiger partial charge on any atom is -0.508 e. The van der Waals surface area contributed by atoms with Gasteiger partial charge in [0.25, 0.3) is 5.95 Å². The number of hydrogen-bond acceptors (Lipinski definition) is 8. The highest BCUT2D eigenvalue weighted by Crippen LogP contribution is 2.23. The van der Waals surface area contributed by atoms with Crippen molar-refractivity contribution in [2.45, 2.75) is 38.5 Å². The van der Waals surface area contributed by atoms with Crippen molar-refractivity contribution >= 4 is 24.1 Å². The van der Waals surface area contributed by atoms with Gasteiger partial charge in [-0.2, -0.15) is 20.1 Å². The van der Waals surface area contributed by atoms with Crippen LogP contribution in [0.4, 0.5) is 17.8 Å². The standard InChI is InChI=1S/C21H29N7O/c1-26(22-16-17-9-8-10-18(29)15-17)19-23-20(27-11-4-2-5-12-27)25-21(24-19)28-13-6-3-7-14-28/h8-10,15-16,29H,2-7,11-14H2,1H3/b22-16+. The zero-order chi connectivity index (χ0) is 20.1. The molecule has 2 aliphatic heterocycles. The molecule has 0 bridgehead atoms. The van der Waals surface area contributed by atoms with Crippen LogP contribution in [0.2, 0.25) is 0 Å². The fourth-order valence-corrected chi connectivity index (χ4v) is 3.77. The smallest absolute Gasteiger partial charge is 0.252 e. The summed E-state index contributed by atoms with van der Waals surface area (Å²) in [5.41, 5.74) is 0.818. The van der Waals surface area contributed by atoms with Crippen molar-refractivity contribution in [1.82, 2.24) is 15.0 Å². The minimum absolute atomic E-state index is 0.219. The molecule has 8 nitrogen and oxygen atoms in total. The van der Waals surface area contributed by atoms with Crippen LogP contribution in [0, 0.1) is 0 Å². The number of aromatic nitrogens is 3. The normalized spacial score (nSPS) is 17.7. The van der Waals surface area contributed by atoms with Crippen LogP contribution in [0.5, 0.6) is 5.75 Å². The lowest BCUT2D eigenvalue weighted by atomic mass is 10.1. The van der Waals surface area contributed by atoms with E-state index in [1.807, 2.05) is 13.1 Å². The van der Waals surface area contributed by atoms with Crippen molar-refractivity contribution in [2.24, 2.45) is 5.10 Å². The van der Waals surface area contributed by atoms with Gasteiger partial charge in [0.05, 0.1) is 6.21 Å². The maximum atomic E-state index is 9.64. The first-order valence-corrected chi connectivity index (χ1v) is 10.5. The van der Waals surface area contributed by atoms with Crippen LogP contribution >= 0.6 is 0 Å². The number of aromatic hydroxyl groups is 1. The first kappa shape index (κ1) is 19.4. The molecule has 0 amide bonds. The molecule has 1 aromatic carbocycles. The Morgan fingerprint density at radius 2 is 1.48 bits per heavy atom. The number of benzene rings is 1. The van der Waals surface area contributed by atoms with Gasteiger partial charge in [-0.1, -0.05) is 12.1 Å². The number of nitrogens with zero attached hydrogens (tertiary/aromatic N) is 7. The summed E-state index contributed by atoms with van der Waals surface area (Å²) < 4.78 is 0. The molecule has 1 N–H and O–H groups in total. The van der Waals surface area contributed by atoms with Crippen LogP contribution < -0.4 is 14.8 Å². The monoisotopic (exact) mass is 395 g/mol. The Kier molecular flexibility index (Phi) is 6.07. The first-order chi connectivity index (χ1) is 14.2. The van der Waals surface area contributed by atoms with Crippen LogP contribution in [0.25, 0.3) is 0 Å². The summed E-state index contributed by atoms with van der Waals surface area (Å²) in [6, 6.07) is 7.00. The zero-order valence-electron chi connectivity index (χ0n) is 17.0. The van der Waals surface area contributed by atoms with Gasteiger partial charge in [-0.15, -0.1) is 0 Å². The third-order valence-corrected chi connectivity index (χ3v) is 5.42. The molecule has 0 spiro atoms. The van der Waals surface area contributed by atoms with Gasteiger partial charge in [-0.3, -0.25) is 0 Å². The molecular weight excluding hydrogens is 366 g/mol. The third kappa shape index (κ3) is 4.93. The summed E-state index contributed by atoms with van der Waals surface area (Å²) in [6.45, 7) is 3.94. The number of anilines is 3. The molecule has 154 valence electrons. The van der Waals surface area contributed by atoms with Crippen molar-refractivity contribution in [3.8, 4) is 5.75 Å². The van der Waals surface area contributed by atoms with E-state index in [0.717, 1.165) is 43.6 Å². The molecule has 0 saturated carbocycles. The molecule has 2 saturated heterocycles. The van der Waals surface area contributed by atoms with E-state index in [1.54, 1.807) is 29.4 Å². The number of hydrogen-bond donors (Lipinski definition) is 1. The Morgan fingerprint density at radius 1 is 0.897 bits per heavy atom. The average Bonchev–Trinajstić information content (AvgIpc) is 2.78. The van der Waals surface area contributed by atoms with E-state index in [1.165, 1.54) is 38.5 Å². The maximum absolute atomic E-state index is 9.64. The van der Waals surface area contributed by atoms with Crippen LogP contribution in [0.3, 0.4) is 0 Å². The van der Waals surface area contributed by atoms with Crippen molar-refractivity contribution < 1.29 is 5.11 Å². The molecule has 1 aromatic heterocycles. The molecular formula is C21H29N7O. The number of piperidine rings is 2. The summed E-state index contributed by atoms with van der Waals surface area (Å²) in [5.74, 6) is 2.25. The summed E-state index contributed by atoms with van der Waals surface area (Å²) in [4.78, 5) is 18.8. The number of hydrazone groups is 1. The lowest BCUT2D eigenvalue weighted by molar-refractivity contribution is 0.475. The van der Waals surface area contributed by atoms with Gasteiger partial charge in [-0.05, 0) is 56.2 Å². The molecule has 29 heavy (non-hydrogen) atoms. The van der Waals surface area contributed by atoms with E-state index >= 15 is 0 Å². The van der Waals surface area contributed by atoms with Gasteiger partial charge >= 0.3 is 0 Å². The second-order valence-electron chi connectivity index (χ2n) is 7.69. The molecule has 2 fully saturated rings. The Hall–Kier alpha value is -2.90. The largest absolute Gasteiger partial charge is 0.508 e. The summed E-state index contributed by atoms with van der Waals surface area (Å²) >= 11 is 0. The molecule has 4 rings (SSSR count). The molecule has 0 atom stereocenters. The SMILES string of the molecule is CN(/N=C/c1cccc(O)c1)c1nc(N2CCCCC2)nc(N2CCCCC2)n1. The molecule has 0 unspecified atom stereocenters. The summed E-state index contributed by atoms with van der Waals surface area (Å²) in [5, 5.41) is 15.8. The number of phenols is 1. The van der Waals surface area contributed by atoms with Gasteiger partial charge < -0.3 is 14.9 Å². The highest BCUT2D eigenvalue weighted by atomic mass is 16.3. The average molecular weight is 396 g/mol. The lowest BCUT2D eigenvalue weighted by Crippen LogP contribution is -2.35. The maximum Gasteiger partial charge on any atom is 0.252 e. The Morgan fingerprint density at radius 3 is 2.03 bits per heavy atom. The van der Waals surface area contributed by atoms with E-state index in [0.29, 0.717) is 5.95 Å². The predicted molar refractivity (Wildman–Crippen MR) is 116 cm³/mol. The Labute approximate surface area is 171 Å². The van der Waals surface area contributed by atoms with Gasteiger partial charge in [0, 0.05) is 33.2 Å². The van der Waals surface area contributed by atoms with Crippen LogP contribution in [-0.4, -0.2) is 59.5 Å². The highest BCUT2D eigenvalue weighted by molar-refractivity contribution is 5.80. The van der Waals surface area contributed by atoms with E-state index in [4.69, 9.17) is 15.0 Å². The summed E-state index contributed by atoms with van der Waals surface area (Å²) in [7, 11) is 1.84. The second-order valence-corrected chi connectivity index (χ2v) is 7.69. The van der Waals surface area contributed by atoms with Gasteiger partial charge in [-0.25, -0.2) is 5.01 Å².